The maximum atomic E-state index is 6.10. The molecule has 0 radical (unpaired) electrons. The van der Waals surface area contributed by atoms with E-state index in [2.05, 4.69) is 263 Å². The number of unbranched alkanes of at least 4 members (excludes halogenated alkanes) is 2. The highest BCUT2D eigenvalue weighted by Crippen LogP contribution is 2.34. The maximum Gasteiger partial charge on any atom is 0.0599 e. The number of hydrogen-bond acceptors (Lipinski definition) is 19. The van der Waals surface area contributed by atoms with Crippen molar-refractivity contribution in [3.8, 4) is 0 Å². The van der Waals surface area contributed by atoms with Crippen LogP contribution in [0.1, 0.15) is 282 Å². The van der Waals surface area contributed by atoms with Crippen LogP contribution in [0, 0.1) is 23.7 Å². The lowest BCUT2D eigenvalue weighted by atomic mass is 9.88. The first kappa shape index (κ1) is 106. The number of hydrogen-bond donors (Lipinski definition) is 0. The van der Waals surface area contributed by atoms with Gasteiger partial charge in [0.25, 0.3) is 0 Å². The summed E-state index contributed by atoms with van der Waals surface area (Å²) >= 11 is 0. The number of likely N-dealkylation sites (N-methyl/N-ethyl adjacent to an activating group) is 1. The Labute approximate surface area is 746 Å². The van der Waals surface area contributed by atoms with E-state index in [1.54, 1.807) is 0 Å². The lowest BCUT2D eigenvalue weighted by Crippen LogP contribution is -2.60. The van der Waals surface area contributed by atoms with Gasteiger partial charge in [-0.2, -0.15) is 0 Å². The van der Waals surface area contributed by atoms with Crippen molar-refractivity contribution in [1.82, 2.24) is 83.3 Å². The normalized spacial score (nSPS) is 25.2. The fraction of sp³-hybridized carbons (Fsp3) is 1.00. The van der Waals surface area contributed by atoms with Crippen molar-refractivity contribution < 1.29 is 9.47 Å². The van der Waals surface area contributed by atoms with Crippen molar-refractivity contribution in [3.63, 3.8) is 0 Å². The van der Waals surface area contributed by atoms with E-state index in [1.807, 2.05) is 0 Å². The zero-order valence-electron chi connectivity index (χ0n) is 84.7. The Hall–Kier alpha value is -0.760. The molecule has 12 fully saturated rings. The summed E-state index contributed by atoms with van der Waals surface area (Å²) in [4.78, 5) is 44.8. The van der Waals surface area contributed by atoms with Crippen LogP contribution in [0.2, 0.25) is 0 Å². The number of ether oxygens (including phenoxy) is 2. The molecule has 19 heteroatoms. The van der Waals surface area contributed by atoms with Gasteiger partial charge in [0, 0.05) is 267 Å². The van der Waals surface area contributed by atoms with Crippen LogP contribution in [0.25, 0.3) is 0 Å². The SMILES string of the molecule is CC(C)N1CCC(CCCN2C[C@H]3C[C@@H]2CN3C(C)C)CC1.CC(C)N1CCC(CCN(C)C2CN(C(C)C)C2)CC1.CC(C)N1CCC(OCCCN2CCN(C(C)C)CC2)CC1.CC(C)N1CCC([C@@H](C)N2CCN(C(C)C)CC2)CC1.CC(C)N1CCN(CCC2CN(C(C)C)C2)CC1.CC(C)OCCCCCN1CCN(C(C)C)CC1. The van der Waals surface area contributed by atoms with Crippen molar-refractivity contribution in [1.29, 1.82) is 0 Å². The third-order valence-corrected chi connectivity index (χ3v) is 31.4. The average Bonchev–Trinajstić information content (AvgIpc) is 1.62. The van der Waals surface area contributed by atoms with E-state index in [9.17, 15) is 0 Å². The molecule has 12 heterocycles. The van der Waals surface area contributed by atoms with E-state index in [1.165, 1.54) is 338 Å². The summed E-state index contributed by atoms with van der Waals surface area (Å²) in [6.45, 7) is 104. The highest BCUT2D eigenvalue weighted by molar-refractivity contribution is 5.01. The van der Waals surface area contributed by atoms with E-state index in [-0.39, 0.29) is 0 Å². The summed E-state index contributed by atoms with van der Waals surface area (Å²) in [5.74, 6) is 3.85. The summed E-state index contributed by atoms with van der Waals surface area (Å²) in [5.41, 5.74) is 0. The van der Waals surface area contributed by atoms with E-state index in [0.717, 1.165) is 103 Å². The van der Waals surface area contributed by atoms with Crippen molar-refractivity contribution in [2.75, 3.05) is 249 Å². The smallest absolute Gasteiger partial charge is 0.0599 e. The minimum atomic E-state index is 0.383. The van der Waals surface area contributed by atoms with Gasteiger partial charge in [-0.3, -0.25) is 39.2 Å². The highest BCUT2D eigenvalue weighted by Gasteiger charge is 2.44. The standard InChI is InChI=1S/C19H37N3.C18H37N3O.2C17H35N3.C15H31N3.C15H32N2O/c1-15(2)20-10-7-17(8-11-20)6-5-9-21-13-19-12-18(21)14-22(19)16(3)4;1-16(2)20-9-6-18(7-10-20)22-15-5-8-19-11-13-21(14-12-19)17(3)4;1-14(2)19-10-7-16(8-11-19)6-9-18(5)17-12-20(13-17)15(3)4;1-14(2)18-8-6-17(7-9-18)16(5)20-12-10-19(11-13-20)15(3)4;1-13(2)17-9-7-16(8-10-17)6-5-15-11-18(12-15)14(3)4;1-14(2)17-11-9-16(10-12-17)8-6-5-7-13-18-15(3)4/h15-19H,5-14H2,1-4H3;16-18H,5-15H2,1-4H3;2*14-17H,6-13H2,1-5H3;13-15H,5-12H2,1-4H3;14-15H,5-13H2,1-4H3/t18-,19-;;;16-;;/m1..1../s1. The first-order chi connectivity index (χ1) is 57.2. The van der Waals surface area contributed by atoms with Crippen LogP contribution < -0.4 is 0 Å². The molecule has 0 spiro atoms. The first-order valence-corrected chi connectivity index (χ1v) is 52.0. The quantitative estimate of drug-likeness (QED) is 0.0558. The number of fused-ring (bicyclic) bond motifs is 2. The molecule has 120 heavy (non-hydrogen) atoms. The molecule has 12 rings (SSSR count). The van der Waals surface area contributed by atoms with Gasteiger partial charge in [0.15, 0.2) is 0 Å². The van der Waals surface area contributed by atoms with Gasteiger partial charge in [-0.15, -0.1) is 0 Å². The number of rotatable bonds is 36. The van der Waals surface area contributed by atoms with Gasteiger partial charge < -0.3 is 53.6 Å². The minimum Gasteiger partial charge on any atom is -0.379 e. The van der Waals surface area contributed by atoms with Crippen LogP contribution in [0.3, 0.4) is 0 Å². The molecule has 12 aliphatic rings. The second-order valence-corrected chi connectivity index (χ2v) is 43.6. The molecule has 0 aromatic rings. The Balaban J connectivity index is 0.000000199. The molecule has 0 amide bonds. The fourth-order valence-electron chi connectivity index (χ4n) is 21.5. The largest absolute Gasteiger partial charge is 0.379 e. The number of nitrogens with zero attached hydrogens (tertiary/aromatic N) is 17. The van der Waals surface area contributed by atoms with Crippen LogP contribution in [-0.4, -0.2) is 435 Å². The van der Waals surface area contributed by atoms with Crippen LogP contribution >= 0.6 is 0 Å². The highest BCUT2D eigenvalue weighted by atomic mass is 16.5. The summed E-state index contributed by atoms with van der Waals surface area (Å²) in [6.07, 6.45) is 24.0. The Morgan fingerprint density at radius 2 is 0.658 bits per heavy atom. The van der Waals surface area contributed by atoms with Gasteiger partial charge in [0.1, 0.15) is 0 Å². The molecule has 0 N–H and O–H groups in total. The number of likely N-dealkylation sites (tertiary alicyclic amines) is 8. The summed E-state index contributed by atoms with van der Waals surface area (Å²) in [7, 11) is 2.32. The van der Waals surface area contributed by atoms with Gasteiger partial charge >= 0.3 is 0 Å². The minimum absolute atomic E-state index is 0.383. The topological polar surface area (TPSA) is 73.5 Å². The lowest BCUT2D eigenvalue weighted by Gasteiger charge is -2.46. The van der Waals surface area contributed by atoms with Crippen LogP contribution in [-0.2, 0) is 9.47 Å². The lowest BCUT2D eigenvalue weighted by molar-refractivity contribution is -0.00348. The zero-order chi connectivity index (χ0) is 87.5. The van der Waals surface area contributed by atoms with Crippen molar-refractivity contribution in [3.05, 3.63) is 0 Å². The van der Waals surface area contributed by atoms with Crippen molar-refractivity contribution in [2.45, 2.75) is 385 Å². The van der Waals surface area contributed by atoms with E-state index in [4.69, 9.17) is 9.47 Å². The summed E-state index contributed by atoms with van der Waals surface area (Å²) < 4.78 is 11.7. The monoisotopic (exact) mass is 1690 g/mol. The zero-order valence-corrected chi connectivity index (χ0v) is 84.7. The molecule has 708 valence electrons. The maximum absolute atomic E-state index is 6.10. The molecule has 2 bridgehead atoms. The molecule has 12 aliphatic heterocycles. The molecule has 12 saturated heterocycles. The first-order valence-electron chi connectivity index (χ1n) is 52.0. The predicted octanol–water partition coefficient (Wildman–Crippen LogP) is 14.7. The molecular weight excluding hydrogens is 1480 g/mol. The molecule has 0 saturated carbocycles. The number of piperazine rings is 5. The molecule has 3 atom stereocenters. The summed E-state index contributed by atoms with van der Waals surface area (Å²) in [5, 5.41) is 0. The van der Waals surface area contributed by atoms with Crippen LogP contribution in [0.4, 0.5) is 0 Å². The van der Waals surface area contributed by atoms with Crippen molar-refractivity contribution in [2.24, 2.45) is 23.7 Å². The molecule has 0 aromatic heterocycles. The van der Waals surface area contributed by atoms with Crippen molar-refractivity contribution >= 4 is 0 Å². The fourth-order valence-corrected chi connectivity index (χ4v) is 21.5. The second-order valence-electron chi connectivity index (χ2n) is 43.6. The van der Waals surface area contributed by atoms with E-state index < -0.39 is 0 Å². The van der Waals surface area contributed by atoms with Gasteiger partial charge in [0.2, 0.25) is 0 Å². The molecule has 0 unspecified atom stereocenters. The Morgan fingerprint density at radius 1 is 0.283 bits per heavy atom. The van der Waals surface area contributed by atoms with Gasteiger partial charge in [-0.1, -0.05) is 0 Å². The van der Waals surface area contributed by atoms with Crippen LogP contribution in [0.5, 0.6) is 0 Å². The van der Waals surface area contributed by atoms with Gasteiger partial charge in [-0.05, 0) is 378 Å². The van der Waals surface area contributed by atoms with Gasteiger partial charge in [-0.25, -0.2) is 0 Å². The Morgan fingerprint density at radius 3 is 1.07 bits per heavy atom. The Bertz CT molecular complexity index is 2440. The second kappa shape index (κ2) is 56.7. The molecular formula is C101H207N17O2. The predicted molar refractivity (Wildman–Crippen MR) is 518 cm³/mol. The Kier molecular flexibility index (Phi) is 50.3. The average molecular weight is 1690 g/mol. The van der Waals surface area contributed by atoms with E-state index in [0.29, 0.717) is 36.4 Å². The van der Waals surface area contributed by atoms with Gasteiger partial charge in [0.05, 0.1) is 12.2 Å². The third kappa shape index (κ3) is 38.4. The van der Waals surface area contributed by atoms with Crippen LogP contribution in [0.15, 0.2) is 0 Å². The molecule has 0 aromatic carbocycles. The molecule has 0 aliphatic carbocycles. The van der Waals surface area contributed by atoms with E-state index >= 15 is 0 Å². The molecule has 19 nitrogen and oxygen atoms in total. The third-order valence-electron chi connectivity index (χ3n) is 31.4. The summed E-state index contributed by atoms with van der Waals surface area (Å²) in [6, 6.07) is 11.2. The number of piperidine rings is 4.